The lowest BCUT2D eigenvalue weighted by Crippen LogP contribution is -2.34. The lowest BCUT2D eigenvalue weighted by atomic mass is 10.00. The second kappa shape index (κ2) is 7.85. The van der Waals surface area contributed by atoms with Crippen LogP contribution in [0, 0.1) is 12.8 Å². The summed E-state index contributed by atoms with van der Waals surface area (Å²) in [7, 11) is 0. The average molecular weight is 352 g/mol. The quantitative estimate of drug-likeness (QED) is 0.886. The minimum atomic E-state index is -0.195. The van der Waals surface area contributed by atoms with Gasteiger partial charge in [-0.25, -0.2) is 9.97 Å². The average Bonchev–Trinajstić information content (AvgIpc) is 2.62. The third-order valence-corrected chi connectivity index (χ3v) is 4.98. The maximum absolute atomic E-state index is 12.7. The molecule has 2 heterocycles. The monoisotopic (exact) mass is 352 g/mol. The van der Waals surface area contributed by atoms with Crippen LogP contribution in [0.3, 0.4) is 0 Å². The molecule has 1 aromatic heterocycles. The number of nitrogens with zero attached hydrogens (tertiary/aromatic N) is 3. The van der Waals surface area contributed by atoms with E-state index in [-0.39, 0.29) is 5.91 Å². The van der Waals surface area contributed by atoms with E-state index < -0.39 is 0 Å². The van der Waals surface area contributed by atoms with Gasteiger partial charge in [0.25, 0.3) is 5.91 Å². The molecule has 0 atom stereocenters. The third kappa shape index (κ3) is 4.40. The van der Waals surface area contributed by atoms with Gasteiger partial charge in [0, 0.05) is 24.5 Å². The molecule has 0 spiro atoms. The minimum absolute atomic E-state index is 0.195. The largest absolute Gasteiger partial charge is 0.341 e. The first kappa shape index (κ1) is 18.4. The molecule has 1 aliphatic rings. The van der Waals surface area contributed by atoms with Crippen LogP contribution in [-0.4, -0.2) is 29.0 Å². The summed E-state index contributed by atoms with van der Waals surface area (Å²) in [6, 6.07) is 9.72. The van der Waals surface area contributed by atoms with Gasteiger partial charge < -0.3 is 10.2 Å². The highest BCUT2D eigenvalue weighted by molar-refractivity contribution is 6.03. The number of hydrogen-bond donors (Lipinski definition) is 1. The van der Waals surface area contributed by atoms with Crippen LogP contribution < -0.4 is 10.2 Å². The number of benzene rings is 1. The zero-order valence-electron chi connectivity index (χ0n) is 16.1. The number of aryl methyl sites for hydroxylation is 1. The van der Waals surface area contributed by atoms with Gasteiger partial charge >= 0.3 is 0 Å². The summed E-state index contributed by atoms with van der Waals surface area (Å²) in [5, 5.41) is 2.94. The predicted octanol–water partition coefficient (Wildman–Crippen LogP) is 4.40. The fourth-order valence-electron chi connectivity index (χ4n) is 3.17. The molecule has 138 valence electrons. The highest BCUT2D eigenvalue weighted by Crippen LogP contribution is 2.21. The summed E-state index contributed by atoms with van der Waals surface area (Å²) in [5.41, 5.74) is 3.26. The molecule has 2 aromatic rings. The van der Waals surface area contributed by atoms with Gasteiger partial charge in [0.1, 0.15) is 5.69 Å². The number of hydrogen-bond acceptors (Lipinski definition) is 4. The molecule has 0 saturated carbocycles. The van der Waals surface area contributed by atoms with Crippen molar-refractivity contribution in [3.8, 4) is 0 Å². The van der Waals surface area contributed by atoms with Crippen molar-refractivity contribution in [2.75, 3.05) is 23.3 Å². The molecule has 1 aromatic carbocycles. The van der Waals surface area contributed by atoms with Crippen molar-refractivity contribution < 1.29 is 4.79 Å². The highest BCUT2D eigenvalue weighted by Gasteiger charge is 2.20. The Balaban J connectivity index is 1.74. The molecule has 1 fully saturated rings. The molecule has 0 bridgehead atoms. The molecule has 26 heavy (non-hydrogen) atoms. The molecule has 1 aliphatic heterocycles. The third-order valence-electron chi connectivity index (χ3n) is 4.98. The molecule has 5 nitrogen and oxygen atoms in total. The maximum Gasteiger partial charge on any atom is 0.274 e. The molecule has 0 radical (unpaired) electrons. The maximum atomic E-state index is 12.7. The second-order valence-electron chi connectivity index (χ2n) is 7.59. The van der Waals surface area contributed by atoms with Gasteiger partial charge in [-0.1, -0.05) is 32.9 Å². The van der Waals surface area contributed by atoms with Crippen LogP contribution in [0.25, 0.3) is 0 Å². The van der Waals surface area contributed by atoms with E-state index in [1.54, 1.807) is 6.07 Å². The first-order valence-electron chi connectivity index (χ1n) is 9.44. The number of rotatable bonds is 4. The van der Waals surface area contributed by atoms with E-state index in [0.717, 1.165) is 43.2 Å². The zero-order chi connectivity index (χ0) is 18.7. The lowest BCUT2D eigenvalue weighted by Gasteiger charge is -2.30. The van der Waals surface area contributed by atoms with Gasteiger partial charge in [-0.15, -0.1) is 0 Å². The fourth-order valence-corrected chi connectivity index (χ4v) is 3.17. The Labute approximate surface area is 155 Å². The van der Waals surface area contributed by atoms with Crippen LogP contribution >= 0.6 is 0 Å². The van der Waals surface area contributed by atoms with E-state index in [1.807, 2.05) is 31.2 Å². The van der Waals surface area contributed by atoms with Crippen LogP contribution in [0.15, 0.2) is 30.3 Å². The SMILES string of the molecule is Cc1cc(C(=O)Nc2ccc(C(C)C)cc2)nc(N2CCC(C)CC2)n1. The summed E-state index contributed by atoms with van der Waals surface area (Å²) in [6.45, 7) is 10.4. The van der Waals surface area contributed by atoms with E-state index in [2.05, 4.69) is 41.0 Å². The Kier molecular flexibility index (Phi) is 5.55. The van der Waals surface area contributed by atoms with Gasteiger partial charge in [0.15, 0.2) is 0 Å². The first-order valence-corrected chi connectivity index (χ1v) is 9.44. The minimum Gasteiger partial charge on any atom is -0.341 e. The van der Waals surface area contributed by atoms with Crippen LogP contribution in [-0.2, 0) is 0 Å². The number of amides is 1. The van der Waals surface area contributed by atoms with Gasteiger partial charge in [0.05, 0.1) is 0 Å². The topological polar surface area (TPSA) is 58.1 Å². The Morgan fingerprint density at radius 1 is 1.15 bits per heavy atom. The molecule has 3 rings (SSSR count). The number of piperidine rings is 1. The predicted molar refractivity (Wildman–Crippen MR) is 106 cm³/mol. The Morgan fingerprint density at radius 3 is 2.42 bits per heavy atom. The fraction of sp³-hybridized carbons (Fsp3) is 0.476. The number of anilines is 2. The van der Waals surface area contributed by atoms with Crippen molar-refractivity contribution in [1.29, 1.82) is 0 Å². The normalized spacial score (nSPS) is 15.3. The van der Waals surface area contributed by atoms with Crippen molar-refractivity contribution in [3.05, 3.63) is 47.3 Å². The van der Waals surface area contributed by atoms with Gasteiger partial charge in [-0.05, 0) is 55.4 Å². The van der Waals surface area contributed by atoms with Gasteiger partial charge in [-0.2, -0.15) is 0 Å². The first-order chi connectivity index (χ1) is 12.4. The molecule has 0 aliphatic carbocycles. The molecule has 5 heteroatoms. The standard InChI is InChI=1S/C21H28N4O/c1-14(2)17-5-7-18(8-6-17)23-20(26)19-13-16(4)22-21(24-19)25-11-9-15(3)10-12-25/h5-8,13-15H,9-12H2,1-4H3,(H,23,26). The number of carbonyl (C=O) groups excluding carboxylic acids is 1. The molecule has 0 unspecified atom stereocenters. The summed E-state index contributed by atoms with van der Waals surface area (Å²) >= 11 is 0. The summed E-state index contributed by atoms with van der Waals surface area (Å²) < 4.78 is 0. The van der Waals surface area contributed by atoms with Gasteiger partial charge in [-0.3, -0.25) is 4.79 Å². The molecule has 1 N–H and O–H groups in total. The van der Waals surface area contributed by atoms with Crippen LogP contribution in [0.1, 0.15) is 61.3 Å². The van der Waals surface area contributed by atoms with E-state index in [9.17, 15) is 4.79 Å². The molecule has 1 saturated heterocycles. The smallest absolute Gasteiger partial charge is 0.274 e. The van der Waals surface area contributed by atoms with Crippen LogP contribution in [0.2, 0.25) is 0 Å². The Hall–Kier alpha value is -2.43. The molecule has 1 amide bonds. The molecular weight excluding hydrogens is 324 g/mol. The summed E-state index contributed by atoms with van der Waals surface area (Å²) in [5.74, 6) is 1.68. The van der Waals surface area contributed by atoms with Crippen LogP contribution in [0.4, 0.5) is 11.6 Å². The van der Waals surface area contributed by atoms with Crippen molar-refractivity contribution in [2.24, 2.45) is 5.92 Å². The summed E-state index contributed by atoms with van der Waals surface area (Å²) in [4.78, 5) is 23.9. The van der Waals surface area contributed by atoms with Crippen molar-refractivity contribution in [2.45, 2.75) is 46.5 Å². The number of aromatic nitrogens is 2. The molecular formula is C21H28N4O. The number of nitrogens with one attached hydrogen (secondary N) is 1. The van der Waals surface area contributed by atoms with Crippen molar-refractivity contribution >= 4 is 17.5 Å². The van der Waals surface area contributed by atoms with Crippen molar-refractivity contribution in [3.63, 3.8) is 0 Å². The lowest BCUT2D eigenvalue weighted by molar-refractivity contribution is 0.102. The van der Waals surface area contributed by atoms with E-state index >= 15 is 0 Å². The number of carbonyl (C=O) groups is 1. The van der Waals surface area contributed by atoms with E-state index in [1.165, 1.54) is 5.56 Å². The van der Waals surface area contributed by atoms with E-state index in [4.69, 9.17) is 0 Å². The Bertz CT molecular complexity index is 762. The second-order valence-corrected chi connectivity index (χ2v) is 7.59. The Morgan fingerprint density at radius 2 is 1.81 bits per heavy atom. The summed E-state index contributed by atoms with van der Waals surface area (Å²) in [6.07, 6.45) is 2.28. The van der Waals surface area contributed by atoms with E-state index in [0.29, 0.717) is 17.6 Å². The highest BCUT2D eigenvalue weighted by atomic mass is 16.1. The van der Waals surface area contributed by atoms with Crippen molar-refractivity contribution in [1.82, 2.24) is 9.97 Å². The zero-order valence-corrected chi connectivity index (χ0v) is 16.1. The van der Waals surface area contributed by atoms with Crippen LogP contribution in [0.5, 0.6) is 0 Å². The van der Waals surface area contributed by atoms with Gasteiger partial charge in [0.2, 0.25) is 5.95 Å².